The Balaban J connectivity index is 1.86. The van der Waals surface area contributed by atoms with Gasteiger partial charge in [0.05, 0.1) is 0 Å². The Morgan fingerprint density at radius 1 is 1.00 bits per heavy atom. The van der Waals surface area contributed by atoms with Crippen LogP contribution < -0.4 is 5.32 Å². The summed E-state index contributed by atoms with van der Waals surface area (Å²) in [4.78, 5) is 12.5. The van der Waals surface area contributed by atoms with Crippen LogP contribution >= 0.6 is 0 Å². The number of hydrogen-bond donors (Lipinski definition) is 1. The molecule has 0 saturated heterocycles. The first kappa shape index (κ1) is 17.8. The number of rotatable bonds is 3. The average Bonchev–Trinajstić information content (AvgIpc) is 2.61. The van der Waals surface area contributed by atoms with Crippen molar-refractivity contribution in [2.75, 3.05) is 0 Å². The van der Waals surface area contributed by atoms with Gasteiger partial charge in [0.25, 0.3) is 0 Å². The van der Waals surface area contributed by atoms with Crippen LogP contribution in [0.15, 0.2) is 72.3 Å². The molecule has 2 aromatic rings. The Labute approximate surface area is 156 Å². The van der Waals surface area contributed by atoms with Crippen molar-refractivity contribution in [3.05, 3.63) is 90.0 Å². The molecule has 0 atom stereocenters. The molecule has 0 aliphatic heterocycles. The molecular formula is C24H23NO. The van der Waals surface area contributed by atoms with Gasteiger partial charge in [-0.2, -0.15) is 0 Å². The van der Waals surface area contributed by atoms with E-state index < -0.39 is 0 Å². The molecule has 1 amide bonds. The van der Waals surface area contributed by atoms with Crippen LogP contribution in [0.2, 0.25) is 0 Å². The summed E-state index contributed by atoms with van der Waals surface area (Å²) in [6, 6.07) is 20.0. The number of carbonyl (C=O) groups is 1. The summed E-state index contributed by atoms with van der Waals surface area (Å²) in [6.07, 6.45) is 4.60. The fourth-order valence-electron chi connectivity index (χ4n) is 2.91. The smallest absolute Gasteiger partial charge is 0.247 e. The van der Waals surface area contributed by atoms with Crippen LogP contribution in [0.25, 0.3) is 16.7 Å². The first-order valence-corrected chi connectivity index (χ1v) is 8.73. The van der Waals surface area contributed by atoms with Crippen LogP contribution in [0, 0.1) is 12.1 Å². The van der Waals surface area contributed by atoms with Crippen molar-refractivity contribution in [1.82, 2.24) is 5.32 Å². The number of amides is 1. The lowest BCUT2D eigenvalue weighted by Crippen LogP contribution is -2.41. The predicted molar refractivity (Wildman–Crippen MR) is 107 cm³/mol. The van der Waals surface area contributed by atoms with Crippen molar-refractivity contribution in [1.29, 1.82) is 0 Å². The van der Waals surface area contributed by atoms with Crippen LogP contribution in [0.4, 0.5) is 0 Å². The largest absolute Gasteiger partial charge is 0.348 e. The van der Waals surface area contributed by atoms with Crippen molar-refractivity contribution in [2.45, 2.75) is 32.7 Å². The van der Waals surface area contributed by atoms with Gasteiger partial charge < -0.3 is 5.32 Å². The molecule has 0 fully saturated rings. The zero-order valence-electron chi connectivity index (χ0n) is 15.5. The highest BCUT2D eigenvalue weighted by atomic mass is 16.1. The molecule has 2 aromatic carbocycles. The van der Waals surface area contributed by atoms with Gasteiger partial charge in [-0.15, -0.1) is 0 Å². The summed E-state index contributed by atoms with van der Waals surface area (Å²) in [7, 11) is 0. The molecule has 0 bridgehead atoms. The van der Waals surface area contributed by atoms with E-state index in [9.17, 15) is 4.79 Å². The average molecular weight is 341 g/mol. The first-order valence-electron chi connectivity index (χ1n) is 8.73. The van der Waals surface area contributed by atoms with E-state index in [0.717, 1.165) is 33.4 Å². The quantitative estimate of drug-likeness (QED) is 0.823. The van der Waals surface area contributed by atoms with Gasteiger partial charge in [-0.25, -0.2) is 0 Å². The Hall–Kier alpha value is -3.05. The van der Waals surface area contributed by atoms with Gasteiger partial charge in [0.1, 0.15) is 0 Å². The van der Waals surface area contributed by atoms with E-state index in [4.69, 9.17) is 0 Å². The predicted octanol–water partition coefficient (Wildman–Crippen LogP) is 5.14. The molecule has 2 nitrogen and oxygen atoms in total. The topological polar surface area (TPSA) is 29.1 Å². The van der Waals surface area contributed by atoms with Crippen molar-refractivity contribution in [2.24, 2.45) is 0 Å². The summed E-state index contributed by atoms with van der Waals surface area (Å²) in [6.45, 7) is 10.0. The molecule has 0 saturated carbocycles. The van der Waals surface area contributed by atoms with Crippen molar-refractivity contribution < 1.29 is 4.79 Å². The number of benzene rings is 1. The lowest BCUT2D eigenvalue weighted by molar-refractivity contribution is -0.118. The Morgan fingerprint density at radius 2 is 1.69 bits per heavy atom. The minimum Gasteiger partial charge on any atom is -0.348 e. The summed E-state index contributed by atoms with van der Waals surface area (Å²) >= 11 is 0. The normalized spacial score (nSPS) is 14.2. The zero-order valence-corrected chi connectivity index (χ0v) is 15.5. The molecular weight excluding hydrogens is 318 g/mol. The summed E-state index contributed by atoms with van der Waals surface area (Å²) in [5, 5.41) is 3.03. The monoisotopic (exact) mass is 341 g/mol. The second kappa shape index (κ2) is 7.06. The van der Waals surface area contributed by atoms with E-state index in [1.165, 1.54) is 0 Å². The van der Waals surface area contributed by atoms with E-state index in [1.807, 2.05) is 51.1 Å². The molecule has 3 rings (SSSR count). The van der Waals surface area contributed by atoms with Gasteiger partial charge >= 0.3 is 0 Å². The van der Waals surface area contributed by atoms with E-state index >= 15 is 0 Å². The van der Waals surface area contributed by atoms with Crippen LogP contribution in [-0.4, -0.2) is 11.4 Å². The molecule has 0 unspecified atom stereocenters. The number of carbonyl (C=O) groups excluding carboxylic acids is 1. The Kier molecular flexibility index (Phi) is 4.82. The Bertz CT molecular complexity index is 878. The maximum atomic E-state index is 12.5. The molecule has 1 aliphatic rings. The lowest BCUT2D eigenvalue weighted by atomic mass is 9.90. The van der Waals surface area contributed by atoms with Crippen molar-refractivity contribution in [3.63, 3.8) is 0 Å². The lowest BCUT2D eigenvalue weighted by Gasteiger charge is -2.23. The standard InChI is InChI=1S/C24H23NO/c1-17-14-21(16-22(15-17)23(26)25-24(2,3)4)20-12-10-19(11-13-20)18-8-6-5-7-9-18/h6,8-14,16H,1,15H2,2-4H3,(H,25,26). The third-order valence-electron chi connectivity index (χ3n) is 4.10. The molecule has 2 heteroatoms. The van der Waals surface area contributed by atoms with E-state index in [1.54, 1.807) is 0 Å². The second-order valence-corrected chi connectivity index (χ2v) is 7.61. The molecule has 26 heavy (non-hydrogen) atoms. The highest BCUT2D eigenvalue weighted by Gasteiger charge is 2.20. The van der Waals surface area contributed by atoms with E-state index in [2.05, 4.69) is 48.3 Å². The van der Waals surface area contributed by atoms with Crippen LogP contribution in [0.1, 0.15) is 32.8 Å². The zero-order chi connectivity index (χ0) is 18.7. The van der Waals surface area contributed by atoms with E-state index in [-0.39, 0.29) is 11.4 Å². The molecule has 0 heterocycles. The maximum Gasteiger partial charge on any atom is 0.247 e. The fourth-order valence-corrected chi connectivity index (χ4v) is 2.91. The highest BCUT2D eigenvalue weighted by Crippen LogP contribution is 2.29. The molecule has 1 N–H and O–H groups in total. The van der Waals surface area contributed by atoms with Gasteiger partial charge in [0.15, 0.2) is 0 Å². The number of nitrogens with one attached hydrogen (secondary N) is 1. The molecule has 0 radical (unpaired) electrons. The van der Waals surface area contributed by atoms with Crippen molar-refractivity contribution in [3.8, 4) is 11.1 Å². The summed E-state index contributed by atoms with van der Waals surface area (Å²) < 4.78 is 0. The highest BCUT2D eigenvalue weighted by molar-refractivity contribution is 5.99. The summed E-state index contributed by atoms with van der Waals surface area (Å²) in [5.74, 6) is -0.0306. The van der Waals surface area contributed by atoms with Gasteiger partial charge in [-0.1, -0.05) is 49.1 Å². The molecule has 0 spiro atoms. The Morgan fingerprint density at radius 3 is 2.31 bits per heavy atom. The minimum absolute atomic E-state index is 0.0306. The van der Waals surface area contributed by atoms with Crippen LogP contribution in [-0.2, 0) is 4.79 Å². The van der Waals surface area contributed by atoms with Gasteiger partial charge in [0, 0.05) is 17.5 Å². The van der Waals surface area contributed by atoms with E-state index in [0.29, 0.717) is 6.42 Å². The molecule has 130 valence electrons. The van der Waals surface area contributed by atoms with Gasteiger partial charge in [-0.3, -0.25) is 4.79 Å². The van der Waals surface area contributed by atoms with Crippen molar-refractivity contribution >= 4 is 11.5 Å². The van der Waals surface area contributed by atoms with Crippen LogP contribution in [0.3, 0.4) is 0 Å². The molecule has 1 aliphatic carbocycles. The third kappa shape index (κ3) is 4.32. The van der Waals surface area contributed by atoms with Gasteiger partial charge in [-0.05, 0) is 72.9 Å². The summed E-state index contributed by atoms with van der Waals surface area (Å²) in [5.41, 5.74) is 5.76. The SMILES string of the molecule is C=C1C=C(c2ccc(-c3cc#ccc3)cc2)C=C(C(=O)NC(C)(C)C)C1. The van der Waals surface area contributed by atoms with Gasteiger partial charge in [0.2, 0.25) is 5.91 Å². The molecule has 0 aromatic heterocycles. The number of allylic oxidation sites excluding steroid dienone is 4. The first-order chi connectivity index (χ1) is 12.3. The van der Waals surface area contributed by atoms with Crippen LogP contribution in [0.5, 0.6) is 0 Å². The maximum absolute atomic E-state index is 12.5. The minimum atomic E-state index is -0.258. The second-order valence-electron chi connectivity index (χ2n) is 7.61. The third-order valence-corrected chi connectivity index (χ3v) is 4.10. The fraction of sp³-hybridized carbons (Fsp3) is 0.208. The number of hydrogen-bond acceptors (Lipinski definition) is 1.